The lowest BCUT2D eigenvalue weighted by Crippen LogP contribution is -2.23. The fourth-order valence-corrected chi connectivity index (χ4v) is 4.42. The van der Waals surface area contributed by atoms with Crippen molar-refractivity contribution >= 4 is 16.7 Å². The average Bonchev–Trinajstić information content (AvgIpc) is 3.20. The van der Waals surface area contributed by atoms with E-state index in [4.69, 9.17) is 9.15 Å². The molecular formula is C24H29N3O3. The highest BCUT2D eigenvalue weighted by atomic mass is 16.5. The topological polar surface area (TPSA) is 78.1 Å². The van der Waals surface area contributed by atoms with Gasteiger partial charge in [-0.05, 0) is 56.6 Å². The smallest absolute Gasteiger partial charge is 0.191 e. The molecule has 158 valence electrons. The Labute approximate surface area is 177 Å². The largest absolute Gasteiger partial charge is 0.441 e. The molecule has 3 heterocycles. The molecule has 0 amide bonds. The lowest BCUT2D eigenvalue weighted by Gasteiger charge is -2.27. The van der Waals surface area contributed by atoms with Gasteiger partial charge in [-0.1, -0.05) is 0 Å². The molecule has 0 aromatic carbocycles. The summed E-state index contributed by atoms with van der Waals surface area (Å²) in [5.74, 6) is 2.54. The number of hydrogen-bond acceptors (Lipinski definition) is 6. The van der Waals surface area contributed by atoms with Crippen LogP contribution in [-0.4, -0.2) is 34.5 Å². The Morgan fingerprint density at radius 1 is 1.10 bits per heavy atom. The van der Waals surface area contributed by atoms with Crippen LogP contribution in [0.3, 0.4) is 0 Å². The third kappa shape index (κ3) is 4.93. The van der Waals surface area contributed by atoms with Crippen LogP contribution in [0, 0.1) is 18.8 Å². The van der Waals surface area contributed by atoms with E-state index in [-0.39, 0.29) is 5.92 Å². The molecule has 3 aromatic heterocycles. The SMILES string of the molecule is COCCCC1CCC(C(=O)Cc2cc3cc(-c4cnc(C)o4)cnc3cn2)CC1. The third-order valence-corrected chi connectivity index (χ3v) is 6.15. The Kier molecular flexibility index (Phi) is 6.53. The molecule has 0 saturated heterocycles. The summed E-state index contributed by atoms with van der Waals surface area (Å²) in [6.45, 7) is 2.65. The van der Waals surface area contributed by atoms with Gasteiger partial charge in [0, 0.05) is 55.8 Å². The van der Waals surface area contributed by atoms with E-state index in [1.54, 1.807) is 25.7 Å². The standard InChI is InChI=1S/C24H29N3O3/c1-16-25-15-24(30-16)20-10-19-11-21(26-14-22(19)27-13-20)12-23(28)18-7-5-17(6-8-18)4-3-9-29-2/h10-11,13-15,17-18H,3-9,12H2,1-2H3. The Balaban J connectivity index is 1.39. The zero-order chi connectivity index (χ0) is 20.9. The summed E-state index contributed by atoms with van der Waals surface area (Å²) in [7, 11) is 1.75. The molecule has 6 nitrogen and oxygen atoms in total. The van der Waals surface area contributed by atoms with Crippen molar-refractivity contribution in [1.29, 1.82) is 0 Å². The van der Waals surface area contributed by atoms with Crippen molar-refractivity contribution in [1.82, 2.24) is 15.0 Å². The molecule has 6 heteroatoms. The number of hydrogen-bond donors (Lipinski definition) is 0. The zero-order valence-electron chi connectivity index (χ0n) is 17.8. The van der Waals surface area contributed by atoms with Crippen LogP contribution >= 0.6 is 0 Å². The predicted octanol–water partition coefficient (Wildman–Crippen LogP) is 4.94. The zero-order valence-corrected chi connectivity index (χ0v) is 17.8. The summed E-state index contributed by atoms with van der Waals surface area (Å²) in [6.07, 6.45) is 12.2. The molecule has 0 unspecified atom stereocenters. The van der Waals surface area contributed by atoms with Crippen LogP contribution in [0.1, 0.15) is 50.1 Å². The number of aryl methyl sites for hydroxylation is 1. The molecule has 0 radical (unpaired) electrons. The minimum Gasteiger partial charge on any atom is -0.441 e. The van der Waals surface area contributed by atoms with Gasteiger partial charge in [-0.3, -0.25) is 14.8 Å². The Morgan fingerprint density at radius 3 is 2.67 bits per heavy atom. The molecule has 0 N–H and O–H groups in total. The first-order chi connectivity index (χ1) is 14.6. The minimum atomic E-state index is 0.169. The second-order valence-electron chi connectivity index (χ2n) is 8.33. The van der Waals surface area contributed by atoms with Gasteiger partial charge in [0.15, 0.2) is 11.7 Å². The third-order valence-electron chi connectivity index (χ3n) is 6.15. The molecule has 3 aromatic rings. The number of Topliss-reactive ketones (excluding diaryl/α,β-unsaturated/α-hetero) is 1. The van der Waals surface area contributed by atoms with E-state index in [2.05, 4.69) is 15.0 Å². The molecule has 1 aliphatic rings. The van der Waals surface area contributed by atoms with E-state index in [9.17, 15) is 4.79 Å². The fraction of sp³-hybridized carbons (Fsp3) is 0.500. The maximum absolute atomic E-state index is 12.9. The second kappa shape index (κ2) is 9.47. The molecular weight excluding hydrogens is 378 g/mol. The molecule has 0 atom stereocenters. The highest BCUT2D eigenvalue weighted by Crippen LogP contribution is 2.32. The molecule has 1 fully saturated rings. The number of methoxy groups -OCH3 is 1. The van der Waals surface area contributed by atoms with Gasteiger partial charge >= 0.3 is 0 Å². The Hall–Kier alpha value is -2.60. The van der Waals surface area contributed by atoms with Crippen LogP contribution in [0.15, 0.2) is 35.1 Å². The van der Waals surface area contributed by atoms with Crippen LogP contribution in [0.5, 0.6) is 0 Å². The number of nitrogens with zero attached hydrogens (tertiary/aromatic N) is 3. The number of ether oxygens (including phenoxy) is 1. The highest BCUT2D eigenvalue weighted by Gasteiger charge is 2.26. The second-order valence-corrected chi connectivity index (χ2v) is 8.33. The van der Waals surface area contributed by atoms with E-state index in [0.29, 0.717) is 23.9 Å². The van der Waals surface area contributed by atoms with Gasteiger partial charge in [-0.2, -0.15) is 0 Å². The van der Waals surface area contributed by atoms with Gasteiger partial charge < -0.3 is 9.15 Å². The Morgan fingerprint density at radius 2 is 1.93 bits per heavy atom. The van der Waals surface area contributed by atoms with Crippen molar-refractivity contribution in [2.24, 2.45) is 11.8 Å². The summed E-state index contributed by atoms with van der Waals surface area (Å²) in [5, 5.41) is 0.959. The van der Waals surface area contributed by atoms with Gasteiger partial charge in [0.1, 0.15) is 5.78 Å². The van der Waals surface area contributed by atoms with E-state index in [1.165, 1.54) is 6.42 Å². The highest BCUT2D eigenvalue weighted by molar-refractivity contribution is 5.86. The van der Waals surface area contributed by atoms with Gasteiger partial charge in [-0.25, -0.2) is 4.98 Å². The quantitative estimate of drug-likeness (QED) is 0.492. The lowest BCUT2D eigenvalue weighted by molar-refractivity contribution is -0.123. The Bertz CT molecular complexity index is 1010. The van der Waals surface area contributed by atoms with Crippen molar-refractivity contribution < 1.29 is 13.9 Å². The monoisotopic (exact) mass is 407 g/mol. The molecule has 0 aliphatic heterocycles. The van der Waals surface area contributed by atoms with Crippen molar-refractivity contribution in [3.05, 3.63) is 42.3 Å². The maximum atomic E-state index is 12.9. The van der Waals surface area contributed by atoms with E-state index in [0.717, 1.165) is 66.8 Å². The summed E-state index contributed by atoms with van der Waals surface area (Å²) in [6, 6.07) is 3.99. The number of oxazole rings is 1. The molecule has 1 saturated carbocycles. The average molecular weight is 408 g/mol. The summed E-state index contributed by atoms with van der Waals surface area (Å²) in [5.41, 5.74) is 2.49. The van der Waals surface area contributed by atoms with Crippen molar-refractivity contribution in [2.45, 2.75) is 51.9 Å². The number of pyridine rings is 2. The molecule has 4 rings (SSSR count). The van der Waals surface area contributed by atoms with Gasteiger partial charge in [0.25, 0.3) is 0 Å². The van der Waals surface area contributed by atoms with Crippen molar-refractivity contribution in [3.63, 3.8) is 0 Å². The van der Waals surface area contributed by atoms with Crippen LogP contribution in [0.2, 0.25) is 0 Å². The predicted molar refractivity (Wildman–Crippen MR) is 115 cm³/mol. The van der Waals surface area contributed by atoms with Crippen LogP contribution in [-0.2, 0) is 16.0 Å². The van der Waals surface area contributed by atoms with Gasteiger partial charge in [0.05, 0.1) is 17.9 Å². The first-order valence-electron chi connectivity index (χ1n) is 10.8. The first-order valence-corrected chi connectivity index (χ1v) is 10.8. The normalized spacial score (nSPS) is 19.3. The van der Waals surface area contributed by atoms with E-state index >= 15 is 0 Å². The van der Waals surface area contributed by atoms with Gasteiger partial charge in [0.2, 0.25) is 0 Å². The molecule has 0 bridgehead atoms. The summed E-state index contributed by atoms with van der Waals surface area (Å²) in [4.78, 5) is 26.0. The first kappa shape index (κ1) is 20.7. The van der Waals surface area contributed by atoms with Crippen molar-refractivity contribution in [2.75, 3.05) is 13.7 Å². The summed E-state index contributed by atoms with van der Waals surface area (Å²) >= 11 is 0. The molecule has 0 spiro atoms. The maximum Gasteiger partial charge on any atom is 0.191 e. The summed E-state index contributed by atoms with van der Waals surface area (Å²) < 4.78 is 10.8. The van der Waals surface area contributed by atoms with Crippen molar-refractivity contribution in [3.8, 4) is 11.3 Å². The number of aromatic nitrogens is 3. The molecule has 30 heavy (non-hydrogen) atoms. The van der Waals surface area contributed by atoms with Crippen LogP contribution < -0.4 is 0 Å². The number of rotatable bonds is 8. The van der Waals surface area contributed by atoms with E-state index in [1.807, 2.05) is 19.1 Å². The van der Waals surface area contributed by atoms with E-state index < -0.39 is 0 Å². The lowest BCUT2D eigenvalue weighted by atomic mass is 9.77. The number of ketones is 1. The minimum absolute atomic E-state index is 0.169. The fourth-order valence-electron chi connectivity index (χ4n) is 4.42. The molecule has 1 aliphatic carbocycles. The number of carbonyl (C=O) groups excluding carboxylic acids is 1. The van der Waals surface area contributed by atoms with Crippen LogP contribution in [0.25, 0.3) is 22.2 Å². The number of fused-ring (bicyclic) bond motifs is 1. The van der Waals surface area contributed by atoms with Gasteiger partial charge in [-0.15, -0.1) is 0 Å². The van der Waals surface area contributed by atoms with Crippen LogP contribution in [0.4, 0.5) is 0 Å². The number of carbonyl (C=O) groups is 1.